The highest BCUT2D eigenvalue weighted by atomic mass is 32.2. The summed E-state index contributed by atoms with van der Waals surface area (Å²) in [6.45, 7) is 3.98. The maximum absolute atomic E-state index is 13.9. The van der Waals surface area contributed by atoms with Crippen LogP contribution in [0.15, 0.2) is 87.6 Å². The van der Waals surface area contributed by atoms with Gasteiger partial charge < -0.3 is 14.6 Å². The van der Waals surface area contributed by atoms with Crippen molar-refractivity contribution < 1.29 is 23.0 Å². The van der Waals surface area contributed by atoms with E-state index in [9.17, 15) is 18.3 Å². The second-order valence-corrected chi connectivity index (χ2v) is 10.5. The van der Waals surface area contributed by atoms with Crippen LogP contribution in [0.4, 0.5) is 0 Å². The van der Waals surface area contributed by atoms with E-state index in [4.69, 9.17) is 9.47 Å². The van der Waals surface area contributed by atoms with Crippen molar-refractivity contribution in [2.75, 3.05) is 20.3 Å². The summed E-state index contributed by atoms with van der Waals surface area (Å²) >= 11 is 0. The molecule has 2 aromatic carbocycles. The molecule has 0 spiro atoms. The lowest BCUT2D eigenvalue weighted by atomic mass is 10.0. The summed E-state index contributed by atoms with van der Waals surface area (Å²) in [7, 11) is -2.95. The van der Waals surface area contributed by atoms with Crippen LogP contribution >= 0.6 is 0 Å². The summed E-state index contributed by atoms with van der Waals surface area (Å²) in [6.07, 6.45) is 3.38. The van der Waals surface area contributed by atoms with E-state index in [-0.39, 0.29) is 23.9 Å². The van der Waals surface area contributed by atoms with Crippen LogP contribution in [0, 0.1) is 6.92 Å². The minimum atomic E-state index is -4.44. The molecular formula is C28H29N3O6S. The number of rotatable bonds is 10. The number of methoxy groups -OCH3 is 1. The van der Waals surface area contributed by atoms with Gasteiger partial charge in [0.25, 0.3) is 5.56 Å². The third kappa shape index (κ3) is 5.38. The molecule has 0 amide bonds. The molecule has 1 atom stereocenters. The van der Waals surface area contributed by atoms with E-state index in [0.29, 0.717) is 12.2 Å². The number of ether oxygens (including phenoxy) is 2. The average molecular weight is 536 g/mol. The first-order valence-electron chi connectivity index (χ1n) is 12.0. The van der Waals surface area contributed by atoms with E-state index in [1.165, 1.54) is 23.8 Å². The smallest absolute Gasteiger partial charge is 0.277 e. The van der Waals surface area contributed by atoms with Crippen molar-refractivity contribution in [2.45, 2.75) is 36.3 Å². The molecule has 0 radical (unpaired) electrons. The van der Waals surface area contributed by atoms with Gasteiger partial charge in [-0.05, 0) is 54.3 Å². The third-order valence-corrected chi connectivity index (χ3v) is 7.94. The van der Waals surface area contributed by atoms with Crippen molar-refractivity contribution in [1.29, 1.82) is 0 Å². The van der Waals surface area contributed by atoms with Crippen molar-refractivity contribution in [1.82, 2.24) is 14.5 Å². The first-order chi connectivity index (χ1) is 18.3. The van der Waals surface area contributed by atoms with Gasteiger partial charge in [-0.1, -0.05) is 42.5 Å². The van der Waals surface area contributed by atoms with E-state index in [1.807, 2.05) is 31.2 Å². The molecule has 0 saturated carbocycles. The van der Waals surface area contributed by atoms with Gasteiger partial charge in [-0.3, -0.25) is 14.3 Å². The van der Waals surface area contributed by atoms with Crippen LogP contribution in [0.3, 0.4) is 0 Å². The summed E-state index contributed by atoms with van der Waals surface area (Å²) in [5.74, 6) is -0.790. The van der Waals surface area contributed by atoms with Gasteiger partial charge in [-0.25, -0.2) is 8.42 Å². The minimum absolute atomic E-state index is 0.0645. The Morgan fingerprint density at radius 1 is 1.05 bits per heavy atom. The van der Waals surface area contributed by atoms with E-state index in [2.05, 4.69) is 9.97 Å². The quantitative estimate of drug-likeness (QED) is 0.324. The molecule has 10 heteroatoms. The van der Waals surface area contributed by atoms with Crippen LogP contribution in [0.25, 0.3) is 11.1 Å². The van der Waals surface area contributed by atoms with Crippen molar-refractivity contribution in [3.8, 4) is 17.0 Å². The number of nitrogens with zero attached hydrogens (tertiary/aromatic N) is 3. The lowest BCUT2D eigenvalue weighted by Gasteiger charge is -2.23. The number of hydrogen-bond donors (Lipinski definition) is 1. The highest BCUT2D eigenvalue weighted by Crippen LogP contribution is 2.30. The zero-order chi connectivity index (χ0) is 27.3. The lowest BCUT2D eigenvalue weighted by molar-refractivity contribution is 0.116. The predicted octanol–water partition coefficient (Wildman–Crippen LogP) is 3.92. The van der Waals surface area contributed by atoms with Crippen LogP contribution in [-0.4, -0.2) is 48.4 Å². The van der Waals surface area contributed by atoms with E-state index in [0.717, 1.165) is 16.7 Å². The SMILES string of the molecule is CCOCc1nc(O)c(S(=O)(=O)c2ccc(-c3ccncc3C)cc2)c(=O)n1C(COC)c1ccccc1. The molecule has 0 bridgehead atoms. The Hall–Kier alpha value is -3.86. The first-order valence-corrected chi connectivity index (χ1v) is 13.5. The first kappa shape index (κ1) is 27.2. The summed E-state index contributed by atoms with van der Waals surface area (Å²) < 4.78 is 39.5. The Bertz CT molecular complexity index is 1570. The number of pyridine rings is 1. The van der Waals surface area contributed by atoms with Crippen LogP contribution in [0.2, 0.25) is 0 Å². The largest absolute Gasteiger partial charge is 0.492 e. The second-order valence-electron chi connectivity index (χ2n) is 8.59. The fourth-order valence-corrected chi connectivity index (χ4v) is 5.63. The molecule has 2 aromatic heterocycles. The summed E-state index contributed by atoms with van der Waals surface area (Å²) in [5, 5.41) is 10.7. The van der Waals surface area contributed by atoms with Crippen LogP contribution < -0.4 is 5.56 Å². The fourth-order valence-electron chi connectivity index (χ4n) is 4.28. The van der Waals surface area contributed by atoms with E-state index in [1.54, 1.807) is 43.6 Å². The van der Waals surface area contributed by atoms with Crippen molar-refractivity contribution in [2.24, 2.45) is 0 Å². The molecule has 0 fully saturated rings. The maximum atomic E-state index is 13.9. The molecular weight excluding hydrogens is 506 g/mol. The molecule has 1 N–H and O–H groups in total. The molecule has 198 valence electrons. The zero-order valence-electron chi connectivity index (χ0n) is 21.4. The van der Waals surface area contributed by atoms with Crippen molar-refractivity contribution >= 4 is 9.84 Å². The molecule has 4 rings (SSSR count). The molecule has 2 heterocycles. The fraction of sp³-hybridized carbons (Fsp3) is 0.250. The normalized spacial score (nSPS) is 12.4. The Labute approximate surface area is 221 Å². The maximum Gasteiger partial charge on any atom is 0.277 e. The van der Waals surface area contributed by atoms with Gasteiger partial charge in [0.15, 0.2) is 4.90 Å². The second kappa shape index (κ2) is 11.7. The molecule has 0 aliphatic carbocycles. The van der Waals surface area contributed by atoms with E-state index >= 15 is 0 Å². The molecule has 1 unspecified atom stereocenters. The standard InChI is InChI=1S/C28H29N3O6S/c1-4-37-18-25-30-27(32)26(28(33)31(25)24(17-36-3)21-8-6-5-7-9-21)38(34,35)22-12-10-20(11-13-22)23-14-15-29-16-19(23)2/h5-16,24,32H,4,17-18H2,1-3H3. The molecule has 38 heavy (non-hydrogen) atoms. The summed E-state index contributed by atoms with van der Waals surface area (Å²) in [6, 6.07) is 16.3. The zero-order valence-corrected chi connectivity index (χ0v) is 22.2. The van der Waals surface area contributed by atoms with Gasteiger partial charge in [0, 0.05) is 26.1 Å². The lowest BCUT2D eigenvalue weighted by Crippen LogP contribution is -2.35. The van der Waals surface area contributed by atoms with E-state index < -0.39 is 32.2 Å². The number of aryl methyl sites for hydroxylation is 1. The number of sulfone groups is 1. The predicted molar refractivity (Wildman–Crippen MR) is 142 cm³/mol. The van der Waals surface area contributed by atoms with Gasteiger partial charge in [-0.2, -0.15) is 4.98 Å². The van der Waals surface area contributed by atoms with Gasteiger partial charge >= 0.3 is 0 Å². The Kier molecular flexibility index (Phi) is 8.35. The third-order valence-electron chi connectivity index (χ3n) is 6.15. The topological polar surface area (TPSA) is 121 Å². The van der Waals surface area contributed by atoms with Crippen LogP contribution in [0.1, 0.15) is 29.9 Å². The molecule has 0 saturated heterocycles. The molecule has 0 aliphatic heterocycles. The van der Waals surface area contributed by atoms with Gasteiger partial charge in [0.05, 0.1) is 17.5 Å². The average Bonchev–Trinajstić information content (AvgIpc) is 2.91. The monoisotopic (exact) mass is 535 g/mol. The minimum Gasteiger partial charge on any atom is -0.492 e. The molecule has 0 aliphatic rings. The number of hydrogen-bond acceptors (Lipinski definition) is 8. The Morgan fingerprint density at radius 2 is 1.76 bits per heavy atom. The van der Waals surface area contributed by atoms with Crippen molar-refractivity contribution in [3.05, 3.63) is 100 Å². The van der Waals surface area contributed by atoms with Crippen LogP contribution in [0.5, 0.6) is 5.88 Å². The highest BCUT2D eigenvalue weighted by molar-refractivity contribution is 7.91. The Morgan fingerprint density at radius 3 is 2.39 bits per heavy atom. The number of benzene rings is 2. The summed E-state index contributed by atoms with van der Waals surface area (Å²) in [4.78, 5) is 21.1. The van der Waals surface area contributed by atoms with Crippen molar-refractivity contribution in [3.63, 3.8) is 0 Å². The molecule has 9 nitrogen and oxygen atoms in total. The summed E-state index contributed by atoms with van der Waals surface area (Å²) in [5.41, 5.74) is 2.43. The van der Waals surface area contributed by atoms with Gasteiger partial charge in [0.2, 0.25) is 15.7 Å². The van der Waals surface area contributed by atoms with Gasteiger partial charge in [-0.15, -0.1) is 0 Å². The molecule has 4 aromatic rings. The van der Waals surface area contributed by atoms with Crippen LogP contribution in [-0.2, 0) is 25.9 Å². The Balaban J connectivity index is 1.87. The number of aromatic nitrogens is 3. The number of aromatic hydroxyl groups is 1. The highest BCUT2D eigenvalue weighted by Gasteiger charge is 2.32. The van der Waals surface area contributed by atoms with Gasteiger partial charge in [0.1, 0.15) is 12.4 Å².